The van der Waals surface area contributed by atoms with Crippen LogP contribution in [0.25, 0.3) is 5.76 Å². The van der Waals surface area contributed by atoms with E-state index in [0.29, 0.717) is 12.0 Å². The molecule has 3 unspecified atom stereocenters. The van der Waals surface area contributed by atoms with Gasteiger partial charge in [0.2, 0.25) is 5.72 Å². The highest BCUT2D eigenvalue weighted by atomic mass is 19.4. The Morgan fingerprint density at radius 3 is 2.52 bits per heavy atom. The average Bonchev–Trinajstić information content (AvgIpc) is 3.72. The number of likely N-dealkylation sites (tertiary alicyclic amines) is 1. The molecule has 10 heteroatoms. The molecule has 2 saturated heterocycles. The van der Waals surface area contributed by atoms with Crippen molar-refractivity contribution in [3.63, 3.8) is 0 Å². The fourth-order valence-corrected chi connectivity index (χ4v) is 9.71. The predicted octanol–water partition coefficient (Wildman–Crippen LogP) is 5.64. The number of amides is 1. The van der Waals surface area contributed by atoms with Gasteiger partial charge in [0.15, 0.2) is 11.3 Å². The SMILES string of the molecule is COC1=CC=C2C[C@@H]3[C@@H]4CCC[C@@H]5OC1(NC(=O)C(=C(OC(C)=O)c1ccccc1)C(F)(F)F)C2[C@@]54CC[N+]3(C)CC1CC1. The highest BCUT2D eigenvalue weighted by molar-refractivity contribution is 6.03. The van der Waals surface area contributed by atoms with Gasteiger partial charge in [-0.15, -0.1) is 0 Å². The number of quaternary nitrogens is 1. The molecule has 1 amide bonds. The van der Waals surface area contributed by atoms with Gasteiger partial charge in [0, 0.05) is 48.5 Å². The number of methoxy groups -OCH3 is 1. The molecule has 0 radical (unpaired) electrons. The van der Waals surface area contributed by atoms with E-state index in [1.807, 2.05) is 0 Å². The second kappa shape index (κ2) is 10.2. The third kappa shape index (κ3) is 4.38. The number of alkyl halides is 3. The van der Waals surface area contributed by atoms with E-state index in [1.165, 1.54) is 50.8 Å². The van der Waals surface area contributed by atoms with Crippen LogP contribution in [0.3, 0.4) is 0 Å². The van der Waals surface area contributed by atoms with Crippen molar-refractivity contribution in [3.05, 3.63) is 65.0 Å². The zero-order valence-electron chi connectivity index (χ0n) is 25.4. The van der Waals surface area contributed by atoms with E-state index in [2.05, 4.69) is 18.4 Å². The van der Waals surface area contributed by atoms with E-state index in [-0.39, 0.29) is 28.8 Å². The second-order valence-corrected chi connectivity index (χ2v) is 13.9. The van der Waals surface area contributed by atoms with E-state index in [1.54, 1.807) is 12.1 Å². The zero-order valence-corrected chi connectivity index (χ0v) is 25.4. The smallest absolute Gasteiger partial charge is 0.425 e. The fourth-order valence-electron chi connectivity index (χ4n) is 9.71. The molecule has 7 rings (SSSR count). The number of nitrogens with one attached hydrogen (secondary N) is 1. The maximum atomic E-state index is 14.9. The molecule has 5 fully saturated rings. The van der Waals surface area contributed by atoms with Crippen LogP contribution in [0.1, 0.15) is 57.4 Å². The Morgan fingerprint density at radius 1 is 1.11 bits per heavy atom. The third-order valence-corrected chi connectivity index (χ3v) is 11.4. The molecule has 7 nitrogen and oxygen atoms in total. The summed E-state index contributed by atoms with van der Waals surface area (Å²) in [5.41, 5.74) is -2.44. The van der Waals surface area contributed by atoms with Gasteiger partial charge in [0.1, 0.15) is 5.76 Å². The van der Waals surface area contributed by atoms with Crippen molar-refractivity contribution in [3.8, 4) is 0 Å². The first-order valence-corrected chi connectivity index (χ1v) is 15.8. The summed E-state index contributed by atoms with van der Waals surface area (Å²) in [5, 5.41) is 2.76. The molecule has 2 bridgehead atoms. The van der Waals surface area contributed by atoms with Gasteiger partial charge in [-0.25, -0.2) is 0 Å². The largest absolute Gasteiger partial charge is 0.496 e. The van der Waals surface area contributed by atoms with Crippen molar-refractivity contribution >= 4 is 17.6 Å². The number of hydrogen-bond acceptors (Lipinski definition) is 5. The number of carbonyl (C=O) groups is 2. The van der Waals surface area contributed by atoms with Crippen LogP contribution < -0.4 is 5.32 Å². The third-order valence-electron chi connectivity index (χ3n) is 11.4. The molecule has 1 spiro atoms. The molecular formula is C34H40F3N2O5+. The van der Waals surface area contributed by atoms with Crippen LogP contribution in [0.5, 0.6) is 0 Å². The summed E-state index contributed by atoms with van der Waals surface area (Å²) in [7, 11) is 3.86. The lowest BCUT2D eigenvalue weighted by Crippen LogP contribution is -2.72. The molecule has 1 aromatic rings. The van der Waals surface area contributed by atoms with E-state index < -0.39 is 35.1 Å². The minimum atomic E-state index is -5.14. The fraction of sp³-hybridized carbons (Fsp3) is 0.588. The van der Waals surface area contributed by atoms with Gasteiger partial charge in [-0.2, -0.15) is 13.2 Å². The number of allylic oxidation sites excluding steroid dienone is 2. The van der Waals surface area contributed by atoms with Crippen LogP contribution in [0.2, 0.25) is 0 Å². The zero-order chi connectivity index (χ0) is 31.1. The molecule has 2 aliphatic heterocycles. The predicted molar refractivity (Wildman–Crippen MR) is 155 cm³/mol. The molecule has 1 N–H and O–H groups in total. The van der Waals surface area contributed by atoms with Crippen molar-refractivity contribution in [1.29, 1.82) is 0 Å². The molecule has 2 heterocycles. The van der Waals surface area contributed by atoms with Crippen molar-refractivity contribution in [2.24, 2.45) is 23.2 Å². The Hall–Kier alpha value is -3.11. The first kappa shape index (κ1) is 29.6. The summed E-state index contributed by atoms with van der Waals surface area (Å²) < 4.78 is 63.5. The first-order chi connectivity index (χ1) is 20.9. The summed E-state index contributed by atoms with van der Waals surface area (Å²) >= 11 is 0. The van der Waals surface area contributed by atoms with Gasteiger partial charge >= 0.3 is 12.1 Å². The van der Waals surface area contributed by atoms with Crippen molar-refractivity contribution in [2.45, 2.75) is 75.9 Å². The maximum absolute atomic E-state index is 14.9. The highest BCUT2D eigenvalue weighted by Crippen LogP contribution is 2.70. The summed E-state index contributed by atoms with van der Waals surface area (Å²) in [6.07, 6.45) is 5.49. The minimum Gasteiger partial charge on any atom is -0.496 e. The number of hydrogen-bond donors (Lipinski definition) is 1. The van der Waals surface area contributed by atoms with E-state index in [0.717, 1.165) is 61.5 Å². The number of halogens is 3. The molecule has 1 aromatic carbocycles. The number of ether oxygens (including phenoxy) is 3. The number of nitrogens with zero attached hydrogens (tertiary/aromatic N) is 1. The highest BCUT2D eigenvalue weighted by Gasteiger charge is 2.76. The quantitative estimate of drug-likeness (QED) is 0.187. The van der Waals surface area contributed by atoms with E-state index >= 15 is 0 Å². The van der Waals surface area contributed by atoms with E-state index in [9.17, 15) is 22.8 Å². The molecule has 0 aromatic heterocycles. The van der Waals surface area contributed by atoms with Gasteiger partial charge < -0.3 is 24.0 Å². The number of benzene rings is 1. The second-order valence-electron chi connectivity index (χ2n) is 13.9. The van der Waals surface area contributed by atoms with Crippen LogP contribution in [-0.4, -0.2) is 67.7 Å². The molecule has 7 atom stereocenters. The molecule has 236 valence electrons. The van der Waals surface area contributed by atoms with E-state index in [4.69, 9.17) is 14.2 Å². The Morgan fingerprint density at radius 2 is 1.86 bits per heavy atom. The van der Waals surface area contributed by atoms with Gasteiger partial charge in [-0.05, 0) is 31.8 Å². The van der Waals surface area contributed by atoms with Crippen molar-refractivity contribution < 1.29 is 41.5 Å². The average molecular weight is 614 g/mol. The minimum absolute atomic E-state index is 0.0328. The Bertz CT molecular complexity index is 1470. The Labute approximate surface area is 255 Å². The molecule has 3 saturated carbocycles. The number of piperidine rings is 1. The number of rotatable bonds is 7. The Kier molecular flexibility index (Phi) is 6.86. The lowest BCUT2D eigenvalue weighted by atomic mass is 9.46. The van der Waals surface area contributed by atoms with Gasteiger partial charge in [0.25, 0.3) is 5.91 Å². The van der Waals surface area contributed by atoms with Crippen LogP contribution in [-0.2, 0) is 23.8 Å². The van der Waals surface area contributed by atoms with Crippen LogP contribution in [0.4, 0.5) is 13.2 Å². The first-order valence-electron chi connectivity index (χ1n) is 15.8. The monoisotopic (exact) mass is 613 g/mol. The van der Waals surface area contributed by atoms with Crippen molar-refractivity contribution in [2.75, 3.05) is 27.2 Å². The maximum Gasteiger partial charge on any atom is 0.425 e. The molecule has 4 aliphatic carbocycles. The number of carbonyl (C=O) groups excluding carboxylic acids is 2. The summed E-state index contributed by atoms with van der Waals surface area (Å²) in [6, 6.07) is 7.83. The van der Waals surface area contributed by atoms with Crippen molar-refractivity contribution in [1.82, 2.24) is 5.32 Å². The Balaban J connectivity index is 1.34. The van der Waals surface area contributed by atoms with Crippen LogP contribution in [0.15, 0.2) is 59.4 Å². The lowest BCUT2D eigenvalue weighted by molar-refractivity contribution is -0.948. The summed E-state index contributed by atoms with van der Waals surface area (Å²) in [5.74, 6) is -2.19. The summed E-state index contributed by atoms with van der Waals surface area (Å²) in [4.78, 5) is 26.1. The van der Waals surface area contributed by atoms with Gasteiger partial charge in [-0.1, -0.05) is 48.4 Å². The standard InChI is InChI=1S/C34H39F3N2O5/c1-20(40)43-29(22-8-5-4-6-9-22)28(34(35,36)37)31(41)38-33-27(42-3)15-14-23-18-25-24-10-7-11-26(44-33)32(24,30(23)33)16-17-39(25,2)19-21-12-13-21/h4-6,8-9,14-15,21,24-26,30H,7,10-13,16-19H2,1-3H3/p+1/t24-,25+,26-,30?,32+,33?,39?/m0/s1. The summed E-state index contributed by atoms with van der Waals surface area (Å²) in [6.45, 7) is 3.16. The molecular weight excluding hydrogens is 573 g/mol. The lowest BCUT2D eigenvalue weighted by Gasteiger charge is -2.64. The number of esters is 1. The molecule has 6 aliphatic rings. The normalized spacial score (nSPS) is 37.6. The van der Waals surface area contributed by atoms with Crippen LogP contribution in [0, 0.1) is 23.2 Å². The van der Waals surface area contributed by atoms with Gasteiger partial charge in [0.05, 0.1) is 39.4 Å². The van der Waals surface area contributed by atoms with Crippen LogP contribution >= 0.6 is 0 Å². The van der Waals surface area contributed by atoms with Gasteiger partial charge in [-0.3, -0.25) is 9.59 Å². The molecule has 44 heavy (non-hydrogen) atoms. The topological polar surface area (TPSA) is 73.9 Å².